The summed E-state index contributed by atoms with van der Waals surface area (Å²) in [5.41, 5.74) is 3.49. The minimum absolute atomic E-state index is 0.489. The molecule has 0 unspecified atom stereocenters. The van der Waals surface area contributed by atoms with Gasteiger partial charge >= 0.3 is 0 Å². The van der Waals surface area contributed by atoms with Gasteiger partial charge in [0.25, 0.3) is 0 Å². The Labute approximate surface area is 125 Å². The second-order valence-electron chi connectivity index (χ2n) is 5.73. The van der Waals surface area contributed by atoms with Gasteiger partial charge in [-0.05, 0) is 38.3 Å². The number of aryl methyl sites for hydroxylation is 2. The molecule has 2 aromatic rings. The Balaban J connectivity index is 1.73. The highest BCUT2D eigenvalue weighted by Crippen LogP contribution is 2.22. The average molecular weight is 283 g/mol. The maximum atomic E-state index is 4.50. The zero-order chi connectivity index (χ0) is 14.7. The Kier molecular flexibility index (Phi) is 3.99. The summed E-state index contributed by atoms with van der Waals surface area (Å²) in [6.07, 6.45) is 6.60. The first-order chi connectivity index (χ1) is 10.2. The SMILES string of the molecule is Cc1ccc(Nc2cnnc(NC3CCCC3)n2)c(C)c1. The van der Waals surface area contributed by atoms with Gasteiger partial charge in [0.1, 0.15) is 0 Å². The van der Waals surface area contributed by atoms with E-state index in [0.717, 1.165) is 11.5 Å². The van der Waals surface area contributed by atoms with Crippen LogP contribution in [0.3, 0.4) is 0 Å². The van der Waals surface area contributed by atoms with Gasteiger partial charge in [0.2, 0.25) is 5.95 Å². The van der Waals surface area contributed by atoms with Gasteiger partial charge in [0.05, 0.1) is 6.20 Å². The second kappa shape index (κ2) is 6.08. The minimum atomic E-state index is 0.489. The predicted octanol–water partition coefficient (Wildman–Crippen LogP) is 3.59. The minimum Gasteiger partial charge on any atom is -0.350 e. The molecule has 0 saturated heterocycles. The molecular formula is C16H21N5. The number of nitrogens with zero attached hydrogens (tertiary/aromatic N) is 3. The van der Waals surface area contributed by atoms with Crippen LogP contribution in [0.5, 0.6) is 0 Å². The van der Waals surface area contributed by atoms with E-state index in [1.807, 2.05) is 0 Å². The van der Waals surface area contributed by atoms with E-state index < -0.39 is 0 Å². The van der Waals surface area contributed by atoms with Crippen molar-refractivity contribution >= 4 is 17.5 Å². The highest BCUT2D eigenvalue weighted by atomic mass is 15.3. The summed E-state index contributed by atoms with van der Waals surface area (Å²) >= 11 is 0. The van der Waals surface area contributed by atoms with Crippen molar-refractivity contribution < 1.29 is 0 Å². The summed E-state index contributed by atoms with van der Waals surface area (Å²) in [4.78, 5) is 4.50. The summed E-state index contributed by atoms with van der Waals surface area (Å²) in [5, 5.41) is 14.8. The van der Waals surface area contributed by atoms with Crippen LogP contribution in [0.25, 0.3) is 0 Å². The molecule has 3 rings (SSSR count). The van der Waals surface area contributed by atoms with E-state index >= 15 is 0 Å². The molecule has 5 heteroatoms. The van der Waals surface area contributed by atoms with Crippen LogP contribution in [0.2, 0.25) is 0 Å². The van der Waals surface area contributed by atoms with Crippen molar-refractivity contribution in [2.45, 2.75) is 45.6 Å². The molecule has 0 atom stereocenters. The van der Waals surface area contributed by atoms with Gasteiger partial charge in [0.15, 0.2) is 5.82 Å². The van der Waals surface area contributed by atoms with Gasteiger partial charge in [-0.2, -0.15) is 10.1 Å². The number of aromatic nitrogens is 3. The third kappa shape index (κ3) is 3.48. The smallest absolute Gasteiger partial charge is 0.244 e. The summed E-state index contributed by atoms with van der Waals surface area (Å²) in [6.45, 7) is 4.17. The fraction of sp³-hybridized carbons (Fsp3) is 0.438. The monoisotopic (exact) mass is 283 g/mol. The van der Waals surface area contributed by atoms with Crippen molar-refractivity contribution in [3.8, 4) is 0 Å². The summed E-state index contributed by atoms with van der Waals surface area (Å²) in [7, 11) is 0. The van der Waals surface area contributed by atoms with Crippen LogP contribution in [-0.4, -0.2) is 21.2 Å². The van der Waals surface area contributed by atoms with Gasteiger partial charge in [-0.15, -0.1) is 5.10 Å². The molecule has 1 saturated carbocycles. The largest absolute Gasteiger partial charge is 0.350 e. The van der Waals surface area contributed by atoms with Crippen molar-refractivity contribution in [2.24, 2.45) is 0 Å². The molecule has 2 N–H and O–H groups in total. The number of nitrogens with one attached hydrogen (secondary N) is 2. The lowest BCUT2D eigenvalue weighted by Crippen LogP contribution is -2.17. The molecule has 5 nitrogen and oxygen atoms in total. The zero-order valence-corrected chi connectivity index (χ0v) is 12.6. The molecule has 1 aromatic heterocycles. The van der Waals surface area contributed by atoms with E-state index in [-0.39, 0.29) is 0 Å². The number of benzene rings is 1. The molecule has 1 fully saturated rings. The lowest BCUT2D eigenvalue weighted by atomic mass is 10.1. The third-order valence-corrected chi connectivity index (χ3v) is 3.89. The highest BCUT2D eigenvalue weighted by molar-refractivity contribution is 5.60. The number of anilines is 3. The molecule has 0 spiro atoms. The van der Waals surface area contributed by atoms with Gasteiger partial charge in [0, 0.05) is 11.7 Å². The van der Waals surface area contributed by atoms with E-state index in [1.165, 1.54) is 36.8 Å². The fourth-order valence-electron chi connectivity index (χ4n) is 2.77. The second-order valence-corrected chi connectivity index (χ2v) is 5.73. The van der Waals surface area contributed by atoms with E-state index in [1.54, 1.807) is 6.20 Å². The van der Waals surface area contributed by atoms with Crippen LogP contribution in [-0.2, 0) is 0 Å². The maximum absolute atomic E-state index is 4.50. The Bertz CT molecular complexity index is 620. The number of rotatable bonds is 4. The normalized spacial score (nSPS) is 15.1. The van der Waals surface area contributed by atoms with Crippen LogP contribution in [0, 0.1) is 13.8 Å². The molecule has 110 valence electrons. The molecule has 1 heterocycles. The quantitative estimate of drug-likeness (QED) is 0.898. The lowest BCUT2D eigenvalue weighted by molar-refractivity contribution is 0.738. The van der Waals surface area contributed by atoms with E-state index in [4.69, 9.17) is 0 Å². The van der Waals surface area contributed by atoms with Crippen LogP contribution in [0.15, 0.2) is 24.4 Å². The van der Waals surface area contributed by atoms with Crippen molar-refractivity contribution in [2.75, 3.05) is 10.6 Å². The number of hydrogen-bond donors (Lipinski definition) is 2. The highest BCUT2D eigenvalue weighted by Gasteiger charge is 2.15. The Hall–Kier alpha value is -2.17. The van der Waals surface area contributed by atoms with Gasteiger partial charge in [-0.25, -0.2) is 0 Å². The summed E-state index contributed by atoms with van der Waals surface area (Å²) in [6, 6.07) is 6.79. The molecular weight excluding hydrogens is 262 g/mol. The topological polar surface area (TPSA) is 62.7 Å². The molecule has 21 heavy (non-hydrogen) atoms. The Morgan fingerprint density at radius 1 is 1.14 bits per heavy atom. The lowest BCUT2D eigenvalue weighted by Gasteiger charge is -2.13. The summed E-state index contributed by atoms with van der Waals surface area (Å²) in [5.74, 6) is 1.33. The number of hydrogen-bond acceptors (Lipinski definition) is 5. The molecule has 1 aliphatic carbocycles. The fourth-order valence-corrected chi connectivity index (χ4v) is 2.77. The summed E-state index contributed by atoms with van der Waals surface area (Å²) < 4.78 is 0. The molecule has 0 aliphatic heterocycles. The third-order valence-electron chi connectivity index (χ3n) is 3.89. The van der Waals surface area contributed by atoms with Crippen LogP contribution in [0.4, 0.5) is 17.5 Å². The first kappa shape index (κ1) is 13.8. The first-order valence-corrected chi connectivity index (χ1v) is 7.51. The van der Waals surface area contributed by atoms with Gasteiger partial charge in [-0.3, -0.25) is 0 Å². The van der Waals surface area contributed by atoms with Crippen LogP contribution < -0.4 is 10.6 Å². The molecule has 1 aromatic carbocycles. The van der Waals surface area contributed by atoms with Crippen molar-refractivity contribution in [1.82, 2.24) is 15.2 Å². The predicted molar refractivity (Wildman–Crippen MR) is 84.9 cm³/mol. The maximum Gasteiger partial charge on any atom is 0.244 e. The Morgan fingerprint density at radius 2 is 1.95 bits per heavy atom. The van der Waals surface area contributed by atoms with Gasteiger partial charge in [-0.1, -0.05) is 30.5 Å². The standard InChI is InChI=1S/C16H21N5/c1-11-7-8-14(12(2)9-11)19-15-10-17-21-16(20-15)18-13-5-3-4-6-13/h7-10,13H,3-6H2,1-2H3,(H2,18,19,20,21). The van der Waals surface area contributed by atoms with Gasteiger partial charge < -0.3 is 10.6 Å². The van der Waals surface area contributed by atoms with Crippen molar-refractivity contribution in [3.05, 3.63) is 35.5 Å². The molecule has 0 amide bonds. The molecule has 1 aliphatic rings. The van der Waals surface area contributed by atoms with E-state index in [2.05, 4.69) is 57.9 Å². The van der Waals surface area contributed by atoms with E-state index in [9.17, 15) is 0 Å². The van der Waals surface area contributed by atoms with E-state index in [0.29, 0.717) is 12.0 Å². The van der Waals surface area contributed by atoms with Crippen LogP contribution >= 0.6 is 0 Å². The van der Waals surface area contributed by atoms with Crippen molar-refractivity contribution in [3.63, 3.8) is 0 Å². The van der Waals surface area contributed by atoms with Crippen LogP contribution in [0.1, 0.15) is 36.8 Å². The van der Waals surface area contributed by atoms with Crippen molar-refractivity contribution in [1.29, 1.82) is 0 Å². The zero-order valence-electron chi connectivity index (χ0n) is 12.6. The molecule has 0 radical (unpaired) electrons. The Morgan fingerprint density at radius 3 is 2.71 bits per heavy atom. The molecule has 0 bridgehead atoms. The first-order valence-electron chi connectivity index (χ1n) is 7.51. The average Bonchev–Trinajstić information content (AvgIpc) is 2.95.